The third-order valence-corrected chi connectivity index (χ3v) is 6.75. The van der Waals surface area contributed by atoms with Crippen molar-refractivity contribution < 1.29 is 13.6 Å². The van der Waals surface area contributed by atoms with E-state index in [0.717, 1.165) is 17.8 Å². The zero-order valence-corrected chi connectivity index (χ0v) is 21.0. The number of imidazole rings is 1. The fourth-order valence-electron chi connectivity index (χ4n) is 4.93. The number of benzene rings is 2. The van der Waals surface area contributed by atoms with Gasteiger partial charge in [0.25, 0.3) is 0 Å². The van der Waals surface area contributed by atoms with Crippen LogP contribution in [-0.4, -0.2) is 25.3 Å². The highest BCUT2D eigenvalue weighted by Gasteiger charge is 2.32. The van der Waals surface area contributed by atoms with E-state index in [4.69, 9.17) is 9.97 Å². The van der Waals surface area contributed by atoms with Gasteiger partial charge < -0.3 is 4.57 Å². The Morgan fingerprint density at radius 3 is 2.05 bits per heavy atom. The van der Waals surface area contributed by atoms with E-state index in [2.05, 4.69) is 18.8 Å². The summed E-state index contributed by atoms with van der Waals surface area (Å²) in [5.74, 6) is -0.619. The van der Waals surface area contributed by atoms with Crippen LogP contribution in [0.3, 0.4) is 0 Å². The van der Waals surface area contributed by atoms with Gasteiger partial charge in [0.15, 0.2) is 5.78 Å². The monoisotopic (exact) mass is 506 g/mol. The first kappa shape index (κ1) is 23.9. The van der Waals surface area contributed by atoms with Crippen molar-refractivity contribution in [3.05, 3.63) is 108 Å². The van der Waals surface area contributed by atoms with Crippen molar-refractivity contribution in [2.75, 3.05) is 0 Å². The van der Waals surface area contributed by atoms with Crippen molar-refractivity contribution in [1.82, 2.24) is 19.5 Å². The summed E-state index contributed by atoms with van der Waals surface area (Å²) in [6.07, 6.45) is 4.76. The molecule has 3 heterocycles. The molecule has 0 atom stereocenters. The van der Waals surface area contributed by atoms with Crippen LogP contribution in [-0.2, 0) is 6.42 Å². The van der Waals surface area contributed by atoms with Gasteiger partial charge in [-0.05, 0) is 60.4 Å². The lowest BCUT2D eigenvalue weighted by Gasteiger charge is -2.29. The average molecular weight is 507 g/mol. The third kappa shape index (κ3) is 4.63. The van der Waals surface area contributed by atoms with Gasteiger partial charge in [0.2, 0.25) is 0 Å². The molecule has 0 saturated heterocycles. The summed E-state index contributed by atoms with van der Waals surface area (Å²) in [5.41, 5.74) is 5.71. The molecule has 6 rings (SSSR count). The van der Waals surface area contributed by atoms with Gasteiger partial charge in [-0.2, -0.15) is 0 Å². The van der Waals surface area contributed by atoms with Crippen molar-refractivity contribution >= 4 is 5.78 Å². The number of aromatic nitrogens is 4. The molecule has 2 aromatic carbocycles. The molecule has 0 radical (unpaired) electrons. The van der Waals surface area contributed by atoms with Crippen molar-refractivity contribution in [1.29, 1.82) is 0 Å². The van der Waals surface area contributed by atoms with Gasteiger partial charge in [0, 0.05) is 29.3 Å². The Balaban J connectivity index is 1.43. The van der Waals surface area contributed by atoms with Crippen LogP contribution in [0.15, 0.2) is 85.3 Å². The lowest BCUT2D eigenvalue weighted by atomic mass is 9.75. The highest BCUT2D eigenvalue weighted by atomic mass is 19.1. The standard InChI is InChI=1S/C31H24F2N4O/c1-31(2)15-28-24(30(38)16-31)9-10-25(35-28)29-17-37(18-34-29)23-13-26(19-5-3-7-21(32)11-19)36-27(14-23)20-6-4-8-22(33)12-20/h3-14,17-18H,15-16H2,1-2H3. The number of rotatable bonds is 4. The number of halogens is 2. The summed E-state index contributed by atoms with van der Waals surface area (Å²) < 4.78 is 29.9. The molecule has 7 heteroatoms. The highest BCUT2D eigenvalue weighted by Crippen LogP contribution is 2.35. The number of fused-ring (bicyclic) bond motifs is 1. The Morgan fingerprint density at radius 1 is 0.763 bits per heavy atom. The molecule has 0 unspecified atom stereocenters. The number of Topliss-reactive ketones (excluding diaryl/α,β-unsaturated/α-hetero) is 1. The number of pyridine rings is 2. The highest BCUT2D eigenvalue weighted by molar-refractivity contribution is 5.98. The maximum Gasteiger partial charge on any atom is 0.165 e. The Kier molecular flexibility index (Phi) is 5.71. The lowest BCUT2D eigenvalue weighted by Crippen LogP contribution is -2.27. The van der Waals surface area contributed by atoms with E-state index in [1.807, 2.05) is 35.0 Å². The number of carbonyl (C=O) groups is 1. The topological polar surface area (TPSA) is 60.7 Å². The van der Waals surface area contributed by atoms with Crippen LogP contribution in [0.2, 0.25) is 0 Å². The van der Waals surface area contributed by atoms with Crippen molar-refractivity contribution in [2.45, 2.75) is 26.7 Å². The Labute approximate surface area is 218 Å². The van der Waals surface area contributed by atoms with E-state index < -0.39 is 0 Å². The minimum atomic E-state index is -0.368. The second kappa shape index (κ2) is 9.10. The van der Waals surface area contributed by atoms with Crippen LogP contribution in [0, 0.1) is 17.0 Å². The molecule has 0 aliphatic heterocycles. The molecule has 188 valence electrons. The number of carbonyl (C=O) groups excluding carboxylic acids is 1. The molecule has 3 aromatic heterocycles. The van der Waals surface area contributed by atoms with Crippen molar-refractivity contribution in [3.8, 4) is 39.6 Å². The maximum absolute atomic E-state index is 14.0. The second-order valence-electron chi connectivity index (χ2n) is 10.4. The minimum absolute atomic E-state index is 0.118. The molecule has 0 amide bonds. The Morgan fingerprint density at radius 2 is 1.42 bits per heavy atom. The van der Waals surface area contributed by atoms with Gasteiger partial charge >= 0.3 is 0 Å². The molecule has 5 aromatic rings. The van der Waals surface area contributed by atoms with E-state index in [0.29, 0.717) is 45.9 Å². The molecule has 38 heavy (non-hydrogen) atoms. The third-order valence-electron chi connectivity index (χ3n) is 6.75. The first-order chi connectivity index (χ1) is 18.2. The quantitative estimate of drug-likeness (QED) is 0.261. The SMILES string of the molecule is CC1(C)CC(=O)c2ccc(-c3cn(-c4cc(-c5cccc(F)c5)nc(-c5cccc(F)c5)c4)cn3)nc2C1. The van der Waals surface area contributed by atoms with Gasteiger partial charge in [0.05, 0.1) is 34.8 Å². The van der Waals surface area contributed by atoms with Crippen LogP contribution < -0.4 is 0 Å². The summed E-state index contributed by atoms with van der Waals surface area (Å²) in [6.45, 7) is 4.15. The van der Waals surface area contributed by atoms with E-state index in [9.17, 15) is 13.6 Å². The summed E-state index contributed by atoms with van der Waals surface area (Å²) in [5, 5.41) is 0. The molecular formula is C31H24F2N4O. The summed E-state index contributed by atoms with van der Waals surface area (Å²) in [4.78, 5) is 26.6. The van der Waals surface area contributed by atoms with E-state index in [1.54, 1.807) is 30.6 Å². The first-order valence-corrected chi connectivity index (χ1v) is 12.4. The largest absolute Gasteiger partial charge is 0.305 e. The van der Waals surface area contributed by atoms with E-state index >= 15 is 0 Å². The first-order valence-electron chi connectivity index (χ1n) is 12.4. The number of ketones is 1. The van der Waals surface area contributed by atoms with Crippen LogP contribution in [0.1, 0.15) is 36.3 Å². The smallest absolute Gasteiger partial charge is 0.165 e. The minimum Gasteiger partial charge on any atom is -0.305 e. The normalized spacial score (nSPS) is 14.4. The van der Waals surface area contributed by atoms with Gasteiger partial charge in [0.1, 0.15) is 17.3 Å². The molecule has 0 fully saturated rings. The molecule has 0 spiro atoms. The van der Waals surface area contributed by atoms with E-state index in [-0.39, 0.29) is 22.8 Å². The molecule has 1 aliphatic carbocycles. The summed E-state index contributed by atoms with van der Waals surface area (Å²) in [7, 11) is 0. The van der Waals surface area contributed by atoms with E-state index in [1.165, 1.54) is 24.3 Å². The number of hydrogen-bond acceptors (Lipinski definition) is 4. The van der Waals surface area contributed by atoms with Gasteiger partial charge in [-0.3, -0.25) is 9.78 Å². The molecular weight excluding hydrogens is 482 g/mol. The Bertz CT molecular complexity index is 1640. The van der Waals surface area contributed by atoms with Crippen molar-refractivity contribution in [3.63, 3.8) is 0 Å². The zero-order valence-electron chi connectivity index (χ0n) is 21.0. The fraction of sp³-hybridized carbons (Fsp3) is 0.161. The number of nitrogens with zero attached hydrogens (tertiary/aromatic N) is 4. The summed E-state index contributed by atoms with van der Waals surface area (Å²) >= 11 is 0. The predicted molar refractivity (Wildman–Crippen MR) is 142 cm³/mol. The van der Waals surface area contributed by atoms with Gasteiger partial charge in [-0.15, -0.1) is 0 Å². The number of hydrogen-bond donors (Lipinski definition) is 0. The molecule has 0 bridgehead atoms. The Hall–Kier alpha value is -4.52. The van der Waals surface area contributed by atoms with Crippen LogP contribution in [0.4, 0.5) is 8.78 Å². The maximum atomic E-state index is 14.0. The van der Waals surface area contributed by atoms with Crippen LogP contribution in [0.5, 0.6) is 0 Å². The molecule has 5 nitrogen and oxygen atoms in total. The average Bonchev–Trinajstić information content (AvgIpc) is 3.38. The molecule has 0 saturated carbocycles. The molecule has 1 aliphatic rings. The molecule has 0 N–H and O–H groups in total. The lowest BCUT2D eigenvalue weighted by molar-refractivity contribution is 0.0910. The fourth-order valence-corrected chi connectivity index (χ4v) is 4.93. The van der Waals surface area contributed by atoms with Gasteiger partial charge in [-0.1, -0.05) is 38.1 Å². The predicted octanol–water partition coefficient (Wildman–Crippen LogP) is 7.10. The van der Waals surface area contributed by atoms with Crippen LogP contribution in [0.25, 0.3) is 39.6 Å². The van der Waals surface area contributed by atoms with Gasteiger partial charge in [-0.25, -0.2) is 18.7 Å². The second-order valence-corrected chi connectivity index (χ2v) is 10.4. The summed E-state index contributed by atoms with van der Waals surface area (Å²) in [6, 6.07) is 19.7. The zero-order chi connectivity index (χ0) is 26.4. The van der Waals surface area contributed by atoms with Crippen molar-refractivity contribution in [2.24, 2.45) is 5.41 Å². The van der Waals surface area contributed by atoms with Crippen LogP contribution >= 0.6 is 0 Å².